The van der Waals surface area contributed by atoms with Crippen molar-refractivity contribution in [3.63, 3.8) is 0 Å². The Kier molecular flexibility index (Phi) is 9.68. The minimum Gasteiger partial charge on any atom is -0.357 e. The monoisotopic (exact) mass is 512 g/mol. The van der Waals surface area contributed by atoms with Crippen molar-refractivity contribution >= 4 is 35.6 Å². The molecule has 0 spiro atoms. The highest BCUT2D eigenvalue weighted by Gasteiger charge is 2.25. The van der Waals surface area contributed by atoms with Crippen LogP contribution in [0.3, 0.4) is 0 Å². The summed E-state index contributed by atoms with van der Waals surface area (Å²) < 4.78 is 2.11. The second-order valence-electron chi connectivity index (χ2n) is 7.73. The molecule has 162 valence electrons. The van der Waals surface area contributed by atoms with Gasteiger partial charge in [0.25, 0.3) is 0 Å². The Morgan fingerprint density at radius 1 is 1.31 bits per heavy atom. The van der Waals surface area contributed by atoms with Crippen LogP contribution < -0.4 is 5.32 Å². The summed E-state index contributed by atoms with van der Waals surface area (Å²) >= 11 is 0. The van der Waals surface area contributed by atoms with Gasteiger partial charge in [0.15, 0.2) is 5.96 Å². The van der Waals surface area contributed by atoms with E-state index in [1.54, 1.807) is 0 Å². The quantitative estimate of drug-likeness (QED) is 0.335. The van der Waals surface area contributed by atoms with Crippen LogP contribution in [0.1, 0.15) is 38.4 Å². The van der Waals surface area contributed by atoms with Gasteiger partial charge >= 0.3 is 0 Å². The molecule has 1 unspecified atom stereocenters. The number of pyridine rings is 1. The molecule has 6 nitrogen and oxygen atoms in total. The van der Waals surface area contributed by atoms with Crippen molar-refractivity contribution in [3.8, 4) is 0 Å². The highest BCUT2D eigenvalue weighted by molar-refractivity contribution is 14.0. The average molecular weight is 512 g/mol. The molecule has 3 rings (SSSR count). The number of imidazole rings is 1. The smallest absolute Gasteiger partial charge is 0.193 e. The van der Waals surface area contributed by atoms with Gasteiger partial charge < -0.3 is 19.5 Å². The lowest BCUT2D eigenvalue weighted by Crippen LogP contribution is -2.41. The van der Waals surface area contributed by atoms with Crippen molar-refractivity contribution in [1.82, 2.24) is 24.5 Å². The SMILES string of the molecule is CCNC(=NCCc1cn2cccc(C)c2n1)N1CCC(CN(CC)CC)C1.I. The topological polar surface area (TPSA) is 48.2 Å². The number of guanidine groups is 1. The number of nitrogens with zero attached hydrogens (tertiary/aromatic N) is 5. The molecule has 3 heterocycles. The van der Waals surface area contributed by atoms with Crippen LogP contribution >= 0.6 is 24.0 Å². The van der Waals surface area contributed by atoms with Crippen LogP contribution in [0.4, 0.5) is 0 Å². The number of halogens is 1. The summed E-state index contributed by atoms with van der Waals surface area (Å²) in [6.45, 7) is 16.1. The van der Waals surface area contributed by atoms with E-state index in [2.05, 4.69) is 71.7 Å². The molecular weight excluding hydrogens is 475 g/mol. The Morgan fingerprint density at radius 3 is 2.79 bits per heavy atom. The first-order valence-corrected chi connectivity index (χ1v) is 10.8. The number of rotatable bonds is 8. The Balaban J connectivity index is 0.00000300. The van der Waals surface area contributed by atoms with Crippen molar-refractivity contribution in [3.05, 3.63) is 35.8 Å². The first-order chi connectivity index (χ1) is 13.6. The number of hydrogen-bond donors (Lipinski definition) is 1. The van der Waals surface area contributed by atoms with Crippen molar-refractivity contribution in [2.75, 3.05) is 45.8 Å². The minimum absolute atomic E-state index is 0. The molecule has 29 heavy (non-hydrogen) atoms. The lowest BCUT2D eigenvalue weighted by Gasteiger charge is -2.24. The fourth-order valence-electron chi connectivity index (χ4n) is 4.05. The Hall–Kier alpha value is -1.35. The summed E-state index contributed by atoms with van der Waals surface area (Å²) in [5.74, 6) is 1.80. The van der Waals surface area contributed by atoms with Gasteiger partial charge in [-0.2, -0.15) is 0 Å². The summed E-state index contributed by atoms with van der Waals surface area (Å²) in [5.41, 5.74) is 3.36. The van der Waals surface area contributed by atoms with Gasteiger partial charge in [-0.05, 0) is 50.9 Å². The molecule has 0 aliphatic carbocycles. The lowest BCUT2D eigenvalue weighted by atomic mass is 10.1. The third kappa shape index (κ3) is 6.31. The highest BCUT2D eigenvalue weighted by atomic mass is 127. The molecule has 0 amide bonds. The van der Waals surface area contributed by atoms with E-state index in [0.717, 1.165) is 68.9 Å². The molecular formula is C22H37IN6. The Labute approximate surface area is 192 Å². The van der Waals surface area contributed by atoms with E-state index in [0.29, 0.717) is 0 Å². The van der Waals surface area contributed by atoms with E-state index >= 15 is 0 Å². The lowest BCUT2D eigenvalue weighted by molar-refractivity contribution is 0.255. The maximum Gasteiger partial charge on any atom is 0.193 e. The largest absolute Gasteiger partial charge is 0.357 e. The number of fused-ring (bicyclic) bond motifs is 1. The van der Waals surface area contributed by atoms with E-state index in [-0.39, 0.29) is 24.0 Å². The number of likely N-dealkylation sites (tertiary alicyclic amines) is 1. The van der Waals surface area contributed by atoms with Gasteiger partial charge in [-0.1, -0.05) is 19.9 Å². The summed E-state index contributed by atoms with van der Waals surface area (Å²) in [6, 6.07) is 4.17. The zero-order chi connectivity index (χ0) is 19.9. The van der Waals surface area contributed by atoms with Crippen LogP contribution in [0.2, 0.25) is 0 Å². The van der Waals surface area contributed by atoms with Gasteiger partial charge in [-0.3, -0.25) is 4.99 Å². The van der Waals surface area contributed by atoms with Crippen LogP contribution in [-0.2, 0) is 6.42 Å². The van der Waals surface area contributed by atoms with Crippen LogP contribution in [-0.4, -0.2) is 71.0 Å². The van der Waals surface area contributed by atoms with Crippen molar-refractivity contribution in [2.24, 2.45) is 10.9 Å². The van der Waals surface area contributed by atoms with Gasteiger partial charge in [0.1, 0.15) is 5.65 Å². The minimum atomic E-state index is 0. The molecule has 0 bridgehead atoms. The van der Waals surface area contributed by atoms with E-state index in [1.807, 2.05) is 0 Å². The van der Waals surface area contributed by atoms with Crippen LogP contribution in [0.25, 0.3) is 5.65 Å². The summed E-state index contributed by atoms with van der Waals surface area (Å²) in [6.07, 6.45) is 6.31. The Morgan fingerprint density at radius 2 is 2.10 bits per heavy atom. The first-order valence-electron chi connectivity index (χ1n) is 10.8. The normalized spacial score (nSPS) is 17.2. The molecule has 1 aliphatic heterocycles. The third-order valence-corrected chi connectivity index (χ3v) is 5.69. The zero-order valence-corrected chi connectivity index (χ0v) is 20.7. The highest BCUT2D eigenvalue weighted by Crippen LogP contribution is 2.18. The van der Waals surface area contributed by atoms with Gasteiger partial charge in [-0.25, -0.2) is 4.98 Å². The molecule has 1 aliphatic rings. The number of hydrogen-bond acceptors (Lipinski definition) is 3. The van der Waals surface area contributed by atoms with E-state index in [4.69, 9.17) is 9.98 Å². The standard InChI is InChI=1S/C22H36N6.HI/c1-5-23-22(28-14-11-19(16-28)15-26(6-2)7-3)24-12-10-20-17-27-13-8-9-18(4)21(27)25-20;/h8-9,13,17,19H,5-7,10-12,14-16H2,1-4H3,(H,23,24);1H. The molecule has 0 aromatic carbocycles. The van der Waals surface area contributed by atoms with E-state index in [1.165, 1.54) is 18.5 Å². The van der Waals surface area contributed by atoms with Gasteiger partial charge in [0.05, 0.1) is 5.69 Å². The summed E-state index contributed by atoms with van der Waals surface area (Å²) in [5, 5.41) is 3.49. The fraction of sp³-hybridized carbons (Fsp3) is 0.636. The van der Waals surface area contributed by atoms with Gasteiger partial charge in [0, 0.05) is 51.5 Å². The average Bonchev–Trinajstić information content (AvgIpc) is 3.33. The van der Waals surface area contributed by atoms with Crippen molar-refractivity contribution in [2.45, 2.75) is 40.5 Å². The molecule has 2 aromatic heterocycles. The molecule has 0 saturated carbocycles. The van der Waals surface area contributed by atoms with Crippen LogP contribution in [0.15, 0.2) is 29.5 Å². The number of aliphatic imine (C=N–C) groups is 1. The maximum absolute atomic E-state index is 4.91. The van der Waals surface area contributed by atoms with Crippen LogP contribution in [0.5, 0.6) is 0 Å². The predicted molar refractivity (Wildman–Crippen MR) is 132 cm³/mol. The second-order valence-corrected chi connectivity index (χ2v) is 7.73. The number of aromatic nitrogens is 2. The zero-order valence-electron chi connectivity index (χ0n) is 18.4. The maximum atomic E-state index is 4.91. The molecule has 1 N–H and O–H groups in total. The Bertz CT molecular complexity index is 783. The van der Waals surface area contributed by atoms with Gasteiger partial charge in [-0.15, -0.1) is 24.0 Å². The summed E-state index contributed by atoms with van der Waals surface area (Å²) in [7, 11) is 0. The van der Waals surface area contributed by atoms with E-state index in [9.17, 15) is 0 Å². The summed E-state index contributed by atoms with van der Waals surface area (Å²) in [4.78, 5) is 14.6. The van der Waals surface area contributed by atoms with Crippen LogP contribution in [0, 0.1) is 12.8 Å². The third-order valence-electron chi connectivity index (χ3n) is 5.69. The molecule has 1 saturated heterocycles. The predicted octanol–water partition coefficient (Wildman–Crippen LogP) is 3.43. The van der Waals surface area contributed by atoms with Gasteiger partial charge in [0.2, 0.25) is 0 Å². The molecule has 7 heteroatoms. The fourth-order valence-corrected chi connectivity index (χ4v) is 4.05. The number of nitrogens with one attached hydrogen (secondary N) is 1. The molecule has 1 fully saturated rings. The second kappa shape index (κ2) is 11.7. The number of aryl methyl sites for hydroxylation is 1. The first kappa shape index (κ1) is 23.9. The van der Waals surface area contributed by atoms with Crippen molar-refractivity contribution < 1.29 is 0 Å². The molecule has 0 radical (unpaired) electrons. The van der Waals surface area contributed by atoms with E-state index < -0.39 is 0 Å². The molecule has 2 aromatic rings. The van der Waals surface area contributed by atoms with Crippen molar-refractivity contribution in [1.29, 1.82) is 0 Å². The molecule has 1 atom stereocenters.